The molecule has 5 heteroatoms. The number of hydrogen-bond acceptors (Lipinski definition) is 3. The Hall–Kier alpha value is -0.910. The highest BCUT2D eigenvalue weighted by Gasteiger charge is 2.21. The summed E-state index contributed by atoms with van der Waals surface area (Å²) in [7, 11) is -3.43. The Balaban J connectivity index is 2.11. The Morgan fingerprint density at radius 3 is 2.50 bits per heavy atom. The number of rotatable bonds is 6. The van der Waals surface area contributed by atoms with Gasteiger partial charge in [0.25, 0.3) is 0 Å². The summed E-state index contributed by atoms with van der Waals surface area (Å²) in [4.78, 5) is 0.358. The van der Waals surface area contributed by atoms with Gasteiger partial charge in [0.1, 0.15) is 0 Å². The molecule has 0 bridgehead atoms. The van der Waals surface area contributed by atoms with E-state index in [0.717, 1.165) is 23.1 Å². The fourth-order valence-corrected chi connectivity index (χ4v) is 3.96. The zero-order chi connectivity index (χ0) is 14.8. The summed E-state index contributed by atoms with van der Waals surface area (Å²) < 4.78 is 27.5. The SMILES string of the molecule is Cc1cc(C)c(S(=O)(=O)NCCC2CCC2)cc1CN. The summed E-state index contributed by atoms with van der Waals surface area (Å²) in [5.41, 5.74) is 8.36. The van der Waals surface area contributed by atoms with Gasteiger partial charge in [-0.2, -0.15) is 0 Å². The lowest BCUT2D eigenvalue weighted by atomic mass is 9.83. The summed E-state index contributed by atoms with van der Waals surface area (Å²) in [6.45, 7) is 4.67. The summed E-state index contributed by atoms with van der Waals surface area (Å²) in [6, 6.07) is 3.60. The topological polar surface area (TPSA) is 72.2 Å². The molecular weight excluding hydrogens is 272 g/mol. The van der Waals surface area contributed by atoms with Crippen LogP contribution in [0.5, 0.6) is 0 Å². The van der Waals surface area contributed by atoms with Crippen LogP contribution < -0.4 is 10.5 Å². The smallest absolute Gasteiger partial charge is 0.240 e. The molecule has 0 radical (unpaired) electrons. The van der Waals surface area contributed by atoms with Gasteiger partial charge in [0.15, 0.2) is 0 Å². The standard InChI is InChI=1S/C15H24N2O2S/c1-11-8-12(2)15(9-14(11)10-16)20(18,19)17-7-6-13-4-3-5-13/h8-9,13,17H,3-7,10,16H2,1-2H3. The van der Waals surface area contributed by atoms with Crippen LogP contribution in [0.3, 0.4) is 0 Å². The number of sulfonamides is 1. The first-order valence-corrected chi connectivity index (χ1v) is 8.72. The van der Waals surface area contributed by atoms with E-state index in [1.807, 2.05) is 19.9 Å². The molecule has 0 aliphatic heterocycles. The van der Waals surface area contributed by atoms with E-state index < -0.39 is 10.0 Å². The van der Waals surface area contributed by atoms with Gasteiger partial charge in [-0.05, 0) is 48.9 Å². The lowest BCUT2D eigenvalue weighted by Crippen LogP contribution is -2.28. The van der Waals surface area contributed by atoms with E-state index in [1.54, 1.807) is 6.07 Å². The minimum atomic E-state index is -3.43. The van der Waals surface area contributed by atoms with Crippen molar-refractivity contribution in [3.63, 3.8) is 0 Å². The second-order valence-corrected chi connectivity index (χ2v) is 7.47. The van der Waals surface area contributed by atoms with Gasteiger partial charge in [-0.1, -0.05) is 25.3 Å². The zero-order valence-corrected chi connectivity index (χ0v) is 13.1. The maximum absolute atomic E-state index is 12.4. The molecule has 4 nitrogen and oxygen atoms in total. The lowest BCUT2D eigenvalue weighted by molar-refractivity contribution is 0.297. The Morgan fingerprint density at radius 1 is 1.25 bits per heavy atom. The van der Waals surface area contributed by atoms with Crippen LogP contribution in [0.4, 0.5) is 0 Å². The largest absolute Gasteiger partial charge is 0.326 e. The van der Waals surface area contributed by atoms with Crippen molar-refractivity contribution in [2.45, 2.75) is 51.0 Å². The molecule has 0 amide bonds. The fourth-order valence-electron chi connectivity index (χ4n) is 2.64. The minimum Gasteiger partial charge on any atom is -0.326 e. The van der Waals surface area contributed by atoms with Crippen molar-refractivity contribution in [2.75, 3.05) is 6.54 Å². The van der Waals surface area contributed by atoms with E-state index >= 15 is 0 Å². The van der Waals surface area contributed by atoms with Gasteiger partial charge in [-0.3, -0.25) is 0 Å². The molecule has 1 aromatic carbocycles. The predicted octanol–water partition coefficient (Wildman–Crippen LogP) is 2.23. The highest BCUT2D eigenvalue weighted by molar-refractivity contribution is 7.89. The van der Waals surface area contributed by atoms with E-state index in [4.69, 9.17) is 5.73 Å². The average Bonchev–Trinajstić information content (AvgIpc) is 2.32. The van der Waals surface area contributed by atoms with Gasteiger partial charge < -0.3 is 5.73 Å². The molecule has 1 aliphatic carbocycles. The molecule has 3 N–H and O–H groups in total. The normalized spacial score (nSPS) is 16.1. The molecule has 1 fully saturated rings. The van der Waals surface area contributed by atoms with Crippen molar-refractivity contribution >= 4 is 10.0 Å². The number of nitrogens with two attached hydrogens (primary N) is 1. The molecule has 112 valence electrons. The second kappa shape index (κ2) is 6.24. The van der Waals surface area contributed by atoms with Crippen LogP contribution in [-0.2, 0) is 16.6 Å². The third-order valence-corrected chi connectivity index (χ3v) is 5.82. The van der Waals surface area contributed by atoms with Gasteiger partial charge in [0.05, 0.1) is 4.90 Å². The lowest BCUT2D eigenvalue weighted by Gasteiger charge is -2.25. The zero-order valence-electron chi connectivity index (χ0n) is 12.3. The first-order valence-electron chi connectivity index (χ1n) is 7.24. The molecule has 0 atom stereocenters. The minimum absolute atomic E-state index is 0.358. The molecule has 2 rings (SSSR count). The Labute approximate surface area is 121 Å². The molecule has 1 aliphatic rings. The maximum atomic E-state index is 12.4. The van der Waals surface area contributed by atoms with Crippen LogP contribution >= 0.6 is 0 Å². The summed E-state index contributed by atoms with van der Waals surface area (Å²) in [6.07, 6.45) is 4.70. The van der Waals surface area contributed by atoms with Crippen LogP contribution in [-0.4, -0.2) is 15.0 Å². The molecule has 20 heavy (non-hydrogen) atoms. The van der Waals surface area contributed by atoms with Gasteiger partial charge in [0, 0.05) is 13.1 Å². The Kier molecular flexibility index (Phi) is 4.83. The van der Waals surface area contributed by atoms with Crippen LogP contribution in [0.2, 0.25) is 0 Å². The van der Waals surface area contributed by atoms with Crippen LogP contribution in [0, 0.1) is 19.8 Å². The average molecular weight is 296 g/mol. The highest BCUT2D eigenvalue weighted by Crippen LogP contribution is 2.29. The first kappa shape index (κ1) is 15.5. The summed E-state index contributed by atoms with van der Waals surface area (Å²) in [5.74, 6) is 0.705. The quantitative estimate of drug-likeness (QED) is 0.845. The van der Waals surface area contributed by atoms with E-state index in [-0.39, 0.29) is 0 Å². The number of hydrogen-bond donors (Lipinski definition) is 2. The molecule has 0 saturated heterocycles. The molecular formula is C15H24N2O2S. The Morgan fingerprint density at radius 2 is 1.95 bits per heavy atom. The van der Waals surface area contributed by atoms with Crippen molar-refractivity contribution in [1.29, 1.82) is 0 Å². The summed E-state index contributed by atoms with van der Waals surface area (Å²) in [5, 5.41) is 0. The molecule has 0 aromatic heterocycles. The van der Waals surface area contributed by atoms with Crippen molar-refractivity contribution in [3.05, 3.63) is 28.8 Å². The maximum Gasteiger partial charge on any atom is 0.240 e. The van der Waals surface area contributed by atoms with Crippen molar-refractivity contribution in [1.82, 2.24) is 4.72 Å². The van der Waals surface area contributed by atoms with Crippen molar-refractivity contribution in [2.24, 2.45) is 11.7 Å². The second-order valence-electron chi connectivity index (χ2n) is 5.73. The monoisotopic (exact) mass is 296 g/mol. The fraction of sp³-hybridized carbons (Fsp3) is 0.600. The molecule has 0 unspecified atom stereocenters. The molecule has 0 heterocycles. The number of aryl methyl sites for hydroxylation is 2. The van der Waals surface area contributed by atoms with Gasteiger partial charge >= 0.3 is 0 Å². The summed E-state index contributed by atoms with van der Waals surface area (Å²) >= 11 is 0. The van der Waals surface area contributed by atoms with Gasteiger partial charge in [-0.15, -0.1) is 0 Å². The van der Waals surface area contributed by atoms with Gasteiger partial charge in [0.2, 0.25) is 10.0 Å². The van der Waals surface area contributed by atoms with Crippen LogP contribution in [0.1, 0.15) is 42.4 Å². The number of benzene rings is 1. The van der Waals surface area contributed by atoms with Crippen molar-refractivity contribution < 1.29 is 8.42 Å². The molecule has 0 spiro atoms. The molecule has 1 aromatic rings. The Bertz CT molecular complexity index is 578. The predicted molar refractivity (Wildman–Crippen MR) is 81.0 cm³/mol. The van der Waals surface area contributed by atoms with Crippen LogP contribution in [0.25, 0.3) is 0 Å². The van der Waals surface area contributed by atoms with Crippen molar-refractivity contribution in [3.8, 4) is 0 Å². The van der Waals surface area contributed by atoms with E-state index in [2.05, 4.69) is 4.72 Å². The van der Waals surface area contributed by atoms with E-state index in [1.165, 1.54) is 19.3 Å². The van der Waals surface area contributed by atoms with Gasteiger partial charge in [-0.25, -0.2) is 13.1 Å². The third kappa shape index (κ3) is 3.40. The first-order chi connectivity index (χ1) is 9.44. The van der Waals surface area contributed by atoms with E-state index in [9.17, 15) is 8.42 Å². The van der Waals surface area contributed by atoms with E-state index in [0.29, 0.717) is 23.9 Å². The highest BCUT2D eigenvalue weighted by atomic mass is 32.2. The van der Waals surface area contributed by atoms with Crippen LogP contribution in [0.15, 0.2) is 17.0 Å². The number of nitrogens with one attached hydrogen (secondary N) is 1. The molecule has 1 saturated carbocycles. The third-order valence-electron chi connectivity index (χ3n) is 4.21.